The lowest BCUT2D eigenvalue weighted by Crippen LogP contribution is -2.46. The molecular formula is C23H32N4O3. The van der Waals surface area contributed by atoms with Crippen LogP contribution in [-0.4, -0.2) is 46.0 Å². The van der Waals surface area contributed by atoms with E-state index in [0.717, 1.165) is 12.8 Å². The van der Waals surface area contributed by atoms with Gasteiger partial charge in [-0.1, -0.05) is 51.9 Å². The molecule has 162 valence electrons. The molecule has 1 aliphatic heterocycles. The second kappa shape index (κ2) is 8.98. The molecule has 2 heterocycles. The van der Waals surface area contributed by atoms with Gasteiger partial charge in [0.05, 0.1) is 11.1 Å². The Labute approximate surface area is 178 Å². The maximum Gasteiger partial charge on any atom is 0.258 e. The number of nitrogens with zero attached hydrogens (tertiary/aromatic N) is 3. The molecule has 0 saturated carbocycles. The van der Waals surface area contributed by atoms with Gasteiger partial charge in [-0.2, -0.15) is 4.98 Å². The van der Waals surface area contributed by atoms with Gasteiger partial charge in [0, 0.05) is 31.0 Å². The zero-order valence-corrected chi connectivity index (χ0v) is 18.6. The zero-order valence-electron chi connectivity index (χ0n) is 18.6. The number of hydrogen-bond acceptors (Lipinski definition) is 5. The van der Waals surface area contributed by atoms with E-state index in [4.69, 9.17) is 4.52 Å². The van der Waals surface area contributed by atoms with Crippen LogP contribution in [0.3, 0.4) is 0 Å². The minimum Gasteiger partial charge on any atom is -0.349 e. The lowest BCUT2D eigenvalue weighted by atomic mass is 9.96. The molecule has 1 aromatic heterocycles. The van der Waals surface area contributed by atoms with Crippen LogP contribution in [0.15, 0.2) is 28.8 Å². The molecule has 1 aromatic carbocycles. The molecule has 3 rings (SSSR count). The summed E-state index contributed by atoms with van der Waals surface area (Å²) < 4.78 is 5.44. The van der Waals surface area contributed by atoms with Crippen molar-refractivity contribution < 1.29 is 14.1 Å². The number of likely N-dealkylation sites (tertiary alicyclic amines) is 1. The van der Waals surface area contributed by atoms with Crippen molar-refractivity contribution in [3.63, 3.8) is 0 Å². The Morgan fingerprint density at radius 2 is 1.87 bits per heavy atom. The molecule has 1 saturated heterocycles. The number of carbonyl (C=O) groups excluding carboxylic acids is 2. The van der Waals surface area contributed by atoms with Gasteiger partial charge < -0.3 is 14.7 Å². The van der Waals surface area contributed by atoms with Gasteiger partial charge in [0.25, 0.3) is 11.8 Å². The van der Waals surface area contributed by atoms with Crippen molar-refractivity contribution in [3.8, 4) is 11.5 Å². The quantitative estimate of drug-likeness (QED) is 0.807. The second-order valence-electron chi connectivity index (χ2n) is 9.45. The van der Waals surface area contributed by atoms with Crippen LogP contribution in [0.2, 0.25) is 0 Å². The first-order chi connectivity index (χ1) is 14.1. The predicted molar refractivity (Wildman–Crippen MR) is 115 cm³/mol. The largest absolute Gasteiger partial charge is 0.349 e. The second-order valence-corrected chi connectivity index (χ2v) is 9.45. The van der Waals surface area contributed by atoms with E-state index in [1.807, 2.05) is 43.9 Å². The standard InChI is InChI=1S/C23H32N4O3/c1-15(2)14-19(28)27-12-10-16(11-13-27)24-20(29)17-8-6-7-9-18(17)21-25-22(26-30-21)23(3,4)5/h6-9,15-16H,10-14H2,1-5H3,(H,24,29). The maximum absolute atomic E-state index is 13.0. The maximum atomic E-state index is 13.0. The Morgan fingerprint density at radius 1 is 1.20 bits per heavy atom. The molecule has 0 spiro atoms. The molecule has 0 atom stereocenters. The molecule has 0 radical (unpaired) electrons. The van der Waals surface area contributed by atoms with Crippen LogP contribution >= 0.6 is 0 Å². The predicted octanol–water partition coefficient (Wildman–Crippen LogP) is 3.80. The molecule has 2 aromatic rings. The molecular weight excluding hydrogens is 380 g/mol. The molecule has 0 aliphatic carbocycles. The molecule has 2 amide bonds. The minimum absolute atomic E-state index is 0.0430. The van der Waals surface area contributed by atoms with Gasteiger partial charge in [-0.3, -0.25) is 9.59 Å². The van der Waals surface area contributed by atoms with Crippen LogP contribution in [0.4, 0.5) is 0 Å². The fraction of sp³-hybridized carbons (Fsp3) is 0.565. The number of benzene rings is 1. The average Bonchev–Trinajstić information content (AvgIpc) is 3.18. The Hall–Kier alpha value is -2.70. The highest BCUT2D eigenvalue weighted by Gasteiger charge is 2.27. The van der Waals surface area contributed by atoms with Crippen LogP contribution in [0.25, 0.3) is 11.5 Å². The lowest BCUT2D eigenvalue weighted by Gasteiger charge is -2.33. The van der Waals surface area contributed by atoms with E-state index in [1.54, 1.807) is 6.07 Å². The van der Waals surface area contributed by atoms with Crippen molar-refractivity contribution in [3.05, 3.63) is 35.7 Å². The summed E-state index contributed by atoms with van der Waals surface area (Å²) in [5.74, 6) is 1.35. The van der Waals surface area contributed by atoms with E-state index in [0.29, 0.717) is 48.3 Å². The number of rotatable bonds is 5. The Kier molecular flexibility index (Phi) is 6.58. The first kappa shape index (κ1) is 22.0. The van der Waals surface area contributed by atoms with E-state index < -0.39 is 0 Å². The highest BCUT2D eigenvalue weighted by Crippen LogP contribution is 2.26. The lowest BCUT2D eigenvalue weighted by molar-refractivity contribution is -0.133. The number of carbonyl (C=O) groups is 2. The van der Waals surface area contributed by atoms with Gasteiger partial charge in [0.1, 0.15) is 0 Å². The summed E-state index contributed by atoms with van der Waals surface area (Å²) in [6.45, 7) is 11.5. The summed E-state index contributed by atoms with van der Waals surface area (Å²) in [6.07, 6.45) is 2.09. The highest BCUT2D eigenvalue weighted by molar-refractivity contribution is 6.00. The fourth-order valence-electron chi connectivity index (χ4n) is 3.52. The normalized spacial score (nSPS) is 15.5. The number of hydrogen-bond donors (Lipinski definition) is 1. The van der Waals surface area contributed by atoms with Crippen molar-refractivity contribution in [2.45, 2.75) is 65.3 Å². The summed E-state index contributed by atoms with van der Waals surface area (Å²) in [5.41, 5.74) is 0.905. The van der Waals surface area contributed by atoms with E-state index in [2.05, 4.69) is 29.3 Å². The van der Waals surface area contributed by atoms with Gasteiger partial charge in [0.2, 0.25) is 5.91 Å². The molecule has 0 bridgehead atoms. The van der Waals surface area contributed by atoms with Gasteiger partial charge in [-0.15, -0.1) is 0 Å². The van der Waals surface area contributed by atoms with Gasteiger partial charge in [-0.25, -0.2) is 0 Å². The third-order valence-corrected chi connectivity index (χ3v) is 5.26. The smallest absolute Gasteiger partial charge is 0.258 e. The van der Waals surface area contributed by atoms with Crippen molar-refractivity contribution in [2.75, 3.05) is 13.1 Å². The van der Waals surface area contributed by atoms with Crippen LogP contribution in [0.5, 0.6) is 0 Å². The van der Waals surface area contributed by atoms with Crippen molar-refractivity contribution >= 4 is 11.8 Å². The summed E-state index contributed by atoms with van der Waals surface area (Å²) in [6, 6.07) is 7.31. The minimum atomic E-state index is -0.236. The zero-order chi connectivity index (χ0) is 21.9. The number of piperidine rings is 1. The van der Waals surface area contributed by atoms with Crippen molar-refractivity contribution in [1.29, 1.82) is 0 Å². The summed E-state index contributed by atoms with van der Waals surface area (Å²) in [5, 5.41) is 7.19. The molecule has 7 nitrogen and oxygen atoms in total. The van der Waals surface area contributed by atoms with Crippen molar-refractivity contribution in [2.24, 2.45) is 5.92 Å². The van der Waals surface area contributed by atoms with E-state index in [9.17, 15) is 9.59 Å². The van der Waals surface area contributed by atoms with Crippen LogP contribution < -0.4 is 5.32 Å². The topological polar surface area (TPSA) is 88.3 Å². The number of amides is 2. The van der Waals surface area contributed by atoms with Gasteiger partial charge >= 0.3 is 0 Å². The molecule has 1 aliphatic rings. The summed E-state index contributed by atoms with van der Waals surface area (Å²) in [4.78, 5) is 31.6. The molecule has 30 heavy (non-hydrogen) atoms. The molecule has 1 fully saturated rings. The first-order valence-corrected chi connectivity index (χ1v) is 10.7. The summed E-state index contributed by atoms with van der Waals surface area (Å²) in [7, 11) is 0. The monoisotopic (exact) mass is 412 g/mol. The van der Waals surface area contributed by atoms with E-state index >= 15 is 0 Å². The Balaban J connectivity index is 1.66. The Bertz CT molecular complexity index is 890. The molecule has 7 heteroatoms. The third-order valence-electron chi connectivity index (χ3n) is 5.26. The van der Waals surface area contributed by atoms with Gasteiger partial charge in [0.15, 0.2) is 5.82 Å². The highest BCUT2D eigenvalue weighted by atomic mass is 16.5. The number of aromatic nitrogens is 2. The van der Waals surface area contributed by atoms with Gasteiger partial charge in [-0.05, 0) is 30.9 Å². The van der Waals surface area contributed by atoms with E-state index in [-0.39, 0.29) is 23.3 Å². The van der Waals surface area contributed by atoms with E-state index in [1.165, 1.54) is 0 Å². The number of nitrogens with one attached hydrogen (secondary N) is 1. The third kappa shape index (κ3) is 5.26. The Morgan fingerprint density at radius 3 is 2.47 bits per heavy atom. The SMILES string of the molecule is CC(C)CC(=O)N1CCC(NC(=O)c2ccccc2-c2nc(C(C)(C)C)no2)CC1. The van der Waals surface area contributed by atoms with Crippen LogP contribution in [-0.2, 0) is 10.2 Å². The summed E-state index contributed by atoms with van der Waals surface area (Å²) >= 11 is 0. The van der Waals surface area contributed by atoms with Crippen LogP contribution in [0.1, 0.15) is 70.1 Å². The average molecular weight is 413 g/mol. The van der Waals surface area contributed by atoms with Crippen LogP contribution in [0, 0.1) is 5.92 Å². The van der Waals surface area contributed by atoms with Crippen molar-refractivity contribution in [1.82, 2.24) is 20.4 Å². The molecule has 1 N–H and O–H groups in total. The molecule has 0 unspecified atom stereocenters. The fourth-order valence-corrected chi connectivity index (χ4v) is 3.52. The first-order valence-electron chi connectivity index (χ1n) is 10.7.